The first kappa shape index (κ1) is 15.8. The Kier molecular flexibility index (Phi) is 8.65. The molecular weight excluding hydrogens is 197 g/mol. The van der Waals surface area contributed by atoms with Crippen LogP contribution in [0.1, 0.15) is 21.7 Å². The molecule has 5 nitrogen and oxygen atoms in total. The summed E-state index contributed by atoms with van der Waals surface area (Å²) in [4.78, 5) is 32.4. The largest absolute Gasteiger partial charge is 1.00 e. The van der Waals surface area contributed by atoms with Gasteiger partial charge in [0, 0.05) is 6.42 Å². The molecule has 0 heterocycles. The zero-order chi connectivity index (χ0) is 10.4. The van der Waals surface area contributed by atoms with E-state index in [1.165, 1.54) is 13.8 Å². The number of ether oxygens (including phenoxy) is 1. The molecule has 0 rings (SSSR count). The summed E-state index contributed by atoms with van der Waals surface area (Å²) >= 11 is 0. The van der Waals surface area contributed by atoms with Gasteiger partial charge < -0.3 is 6.16 Å². The predicted molar refractivity (Wildman–Crippen MR) is 42.3 cm³/mol. The maximum atomic E-state index is 10.9. The molecule has 0 fully saturated rings. The molecule has 0 aliphatic heterocycles. The van der Waals surface area contributed by atoms with E-state index in [0.717, 1.165) is 6.26 Å². The molecule has 72 valence electrons. The van der Waals surface area contributed by atoms with E-state index in [2.05, 4.69) is 4.74 Å². The number of hydrogen-bond donors (Lipinski definition) is 0. The van der Waals surface area contributed by atoms with E-state index < -0.39 is 17.7 Å². The monoisotopic (exact) mass is 207 g/mol. The second kappa shape index (κ2) is 7.68. The molecule has 0 spiro atoms. The van der Waals surface area contributed by atoms with Gasteiger partial charge in [-0.05, 0) is 13.8 Å². The van der Waals surface area contributed by atoms with Gasteiger partial charge in [-0.1, -0.05) is 0 Å². The van der Waals surface area contributed by atoms with Crippen LogP contribution in [0.15, 0.2) is 0 Å². The number of nitrogens with zero attached hydrogens (tertiary/aromatic N) is 1. The predicted octanol–water partition coefficient (Wildman–Crippen LogP) is -2.69. The Balaban J connectivity index is -0.000000720. The van der Waals surface area contributed by atoms with E-state index in [1.54, 1.807) is 0 Å². The summed E-state index contributed by atoms with van der Waals surface area (Å²) in [6.45, 7) is 2.43. The van der Waals surface area contributed by atoms with Gasteiger partial charge >= 0.3 is 35.5 Å². The Labute approximate surface area is 105 Å². The maximum absolute atomic E-state index is 10.9. The van der Waals surface area contributed by atoms with Crippen LogP contribution >= 0.6 is 0 Å². The molecule has 0 amide bonds. The quantitative estimate of drug-likeness (QED) is 0.217. The molecule has 0 N–H and O–H groups in total. The van der Waals surface area contributed by atoms with Crippen molar-refractivity contribution in [2.24, 2.45) is 5.92 Å². The minimum Gasteiger partial charge on any atom is -1.00 e. The number of hydrogen-bond acceptors (Lipinski definition) is 5. The average Bonchev–Trinajstić information content (AvgIpc) is 1.99. The third-order valence-electron chi connectivity index (χ3n) is 1.41. The van der Waals surface area contributed by atoms with Gasteiger partial charge in [0.05, 0.1) is 0 Å². The minimum atomic E-state index is -1.14. The van der Waals surface area contributed by atoms with Crippen LogP contribution in [0.5, 0.6) is 0 Å². The molecule has 6 heteroatoms. The van der Waals surface area contributed by atoms with Crippen LogP contribution in [0.3, 0.4) is 0 Å². The summed E-state index contributed by atoms with van der Waals surface area (Å²) in [7, 11) is 0. The van der Waals surface area contributed by atoms with Gasteiger partial charge in [-0.3, -0.25) is 14.4 Å². The summed E-state index contributed by atoms with van der Waals surface area (Å²) < 4.78 is 3.96. The molecule has 0 saturated heterocycles. The van der Waals surface area contributed by atoms with E-state index in [1.807, 2.05) is 0 Å². The fourth-order valence-electron chi connectivity index (χ4n) is 0.797. The first-order valence-electron chi connectivity index (χ1n) is 3.58. The molecule has 0 aromatic heterocycles. The van der Waals surface area contributed by atoms with E-state index in [9.17, 15) is 14.4 Å². The molecule has 0 aromatic carbocycles. The topological polar surface area (TPSA) is 84.2 Å². The van der Waals surface area contributed by atoms with Crippen LogP contribution < -0.4 is 29.6 Å². The smallest absolute Gasteiger partial charge is 1.00 e. The summed E-state index contributed by atoms with van der Waals surface area (Å²) in [6.07, 6.45) is 0.951. The Morgan fingerprint density at radius 2 is 1.93 bits per heavy atom. The van der Waals surface area contributed by atoms with E-state index in [-0.39, 0.29) is 43.2 Å². The fraction of sp³-hybridized carbons (Fsp3) is 0.500. The number of Topliss-reactive ketones (excluding diaryl/α,β-unsaturated/α-hetero) is 2. The maximum Gasteiger partial charge on any atom is 1.00 e. The average molecular weight is 207 g/mol. The zero-order valence-electron chi connectivity index (χ0n) is 9.36. The van der Waals surface area contributed by atoms with Crippen LogP contribution in [0, 0.1) is 17.4 Å². The van der Waals surface area contributed by atoms with Crippen LogP contribution in [0.2, 0.25) is 0 Å². The molecule has 0 radical (unpaired) electrons. The van der Waals surface area contributed by atoms with Crippen molar-refractivity contribution in [1.29, 1.82) is 5.26 Å². The Hall–Kier alpha value is -0.700. The van der Waals surface area contributed by atoms with Crippen molar-refractivity contribution in [2.75, 3.05) is 0 Å². The molecule has 0 aliphatic carbocycles. The first-order chi connectivity index (χ1) is 5.99. The van der Waals surface area contributed by atoms with Gasteiger partial charge in [-0.15, -0.1) is 5.26 Å². The molecular formula is C8H10NNaO4. The van der Waals surface area contributed by atoms with E-state index in [4.69, 9.17) is 5.26 Å². The van der Waals surface area contributed by atoms with Gasteiger partial charge in [-0.25, -0.2) is 0 Å². The summed E-state index contributed by atoms with van der Waals surface area (Å²) in [6, 6.07) is 0. The molecule has 0 aliphatic rings. The molecule has 0 aromatic rings. The van der Waals surface area contributed by atoms with Gasteiger partial charge in [0.1, 0.15) is 17.5 Å². The van der Waals surface area contributed by atoms with Crippen molar-refractivity contribution in [1.82, 2.24) is 0 Å². The Morgan fingerprint density at radius 1 is 1.43 bits per heavy atom. The number of ketones is 2. The van der Waals surface area contributed by atoms with Gasteiger partial charge in [0.25, 0.3) is 6.26 Å². The minimum absolute atomic E-state index is 0. The molecule has 0 bridgehead atoms. The SMILES string of the molecule is CC(=O)CC(C(C)=O)C(=O)OC#N.[H-].[Na+]. The second-order valence-electron chi connectivity index (χ2n) is 2.58. The number of rotatable bonds is 4. The summed E-state index contributed by atoms with van der Waals surface area (Å²) in [5, 5.41) is 8.01. The molecule has 14 heavy (non-hydrogen) atoms. The standard InChI is InChI=1S/C8H9NO4.Na.H/c1-5(10)3-7(6(2)11)8(12)13-4-9;;/h7H,3H2,1-2H3;;/q;+1;-1. The van der Waals surface area contributed by atoms with Crippen LogP contribution in [0.25, 0.3) is 0 Å². The van der Waals surface area contributed by atoms with Crippen LogP contribution in [-0.2, 0) is 19.1 Å². The number of carbonyl (C=O) groups excluding carboxylic acids is 3. The molecule has 1 atom stereocenters. The normalized spacial score (nSPS) is 10.4. The van der Waals surface area contributed by atoms with Crippen LogP contribution in [-0.4, -0.2) is 17.5 Å². The van der Waals surface area contributed by atoms with Gasteiger partial charge in [0.2, 0.25) is 0 Å². The van der Waals surface area contributed by atoms with E-state index in [0.29, 0.717) is 0 Å². The number of nitriles is 1. The second-order valence-corrected chi connectivity index (χ2v) is 2.58. The summed E-state index contributed by atoms with van der Waals surface area (Å²) in [5.74, 6) is -2.88. The van der Waals surface area contributed by atoms with Crippen molar-refractivity contribution in [3.63, 3.8) is 0 Å². The van der Waals surface area contributed by atoms with Crippen LogP contribution in [0.4, 0.5) is 0 Å². The Morgan fingerprint density at radius 3 is 2.21 bits per heavy atom. The number of esters is 1. The van der Waals surface area contributed by atoms with Crippen molar-refractivity contribution < 1.29 is 50.1 Å². The summed E-state index contributed by atoms with van der Waals surface area (Å²) in [5.41, 5.74) is 0. The molecule has 0 saturated carbocycles. The van der Waals surface area contributed by atoms with Crippen molar-refractivity contribution >= 4 is 17.5 Å². The Bertz CT molecular complexity index is 287. The van der Waals surface area contributed by atoms with Gasteiger partial charge in [-0.2, -0.15) is 0 Å². The van der Waals surface area contributed by atoms with Crippen molar-refractivity contribution in [3.8, 4) is 6.26 Å². The van der Waals surface area contributed by atoms with Gasteiger partial charge in [0.15, 0.2) is 0 Å². The molecule has 1 unspecified atom stereocenters. The number of carbonyl (C=O) groups is 3. The fourth-order valence-corrected chi connectivity index (χ4v) is 0.797. The van der Waals surface area contributed by atoms with Crippen molar-refractivity contribution in [3.05, 3.63) is 0 Å². The van der Waals surface area contributed by atoms with E-state index >= 15 is 0 Å². The third-order valence-corrected chi connectivity index (χ3v) is 1.41. The zero-order valence-corrected chi connectivity index (χ0v) is 10.4. The third kappa shape index (κ3) is 5.86. The van der Waals surface area contributed by atoms with Crippen molar-refractivity contribution in [2.45, 2.75) is 20.3 Å². The first-order valence-corrected chi connectivity index (χ1v) is 3.58.